The van der Waals surface area contributed by atoms with Gasteiger partial charge in [0.25, 0.3) is 0 Å². The number of ether oxygens (including phenoxy) is 2. The molecule has 1 fully saturated rings. The topological polar surface area (TPSA) is 38.8 Å². The van der Waals surface area contributed by atoms with E-state index in [-0.39, 0.29) is 12.0 Å². The second kappa shape index (κ2) is 5.51. The molecule has 0 spiro atoms. The van der Waals surface area contributed by atoms with Gasteiger partial charge in [-0.05, 0) is 13.8 Å². The van der Waals surface area contributed by atoms with Crippen LogP contribution in [0, 0.1) is 12.0 Å². The molecule has 1 saturated heterocycles. The molecular weight excluding hydrogens is 182 g/mol. The fraction of sp³-hybridized carbons (Fsp3) is 0.700. The SMILES string of the molecule is CC#CN1CCOC[C@H]1C(=O)OCC. The Balaban J connectivity index is 2.60. The van der Waals surface area contributed by atoms with Gasteiger partial charge in [-0.25, -0.2) is 4.79 Å². The molecular formula is C10H15NO3. The molecule has 0 unspecified atom stereocenters. The summed E-state index contributed by atoms with van der Waals surface area (Å²) >= 11 is 0. The number of esters is 1. The summed E-state index contributed by atoms with van der Waals surface area (Å²) in [6.45, 7) is 5.57. The van der Waals surface area contributed by atoms with Crippen LogP contribution in [0.3, 0.4) is 0 Å². The molecule has 78 valence electrons. The summed E-state index contributed by atoms with van der Waals surface area (Å²) < 4.78 is 10.1. The number of hydrogen-bond acceptors (Lipinski definition) is 4. The monoisotopic (exact) mass is 197 g/mol. The van der Waals surface area contributed by atoms with E-state index in [9.17, 15) is 4.79 Å². The first kappa shape index (κ1) is 10.9. The van der Waals surface area contributed by atoms with Crippen molar-refractivity contribution in [1.82, 2.24) is 4.90 Å². The Morgan fingerprint density at radius 1 is 1.71 bits per heavy atom. The quantitative estimate of drug-likeness (QED) is 0.469. The Hall–Kier alpha value is -1.21. The predicted molar refractivity (Wildman–Crippen MR) is 51.4 cm³/mol. The maximum absolute atomic E-state index is 11.5. The van der Waals surface area contributed by atoms with Gasteiger partial charge in [0, 0.05) is 6.04 Å². The third-order valence-electron chi connectivity index (χ3n) is 1.94. The zero-order valence-electron chi connectivity index (χ0n) is 8.58. The number of morpholine rings is 1. The molecule has 4 heteroatoms. The van der Waals surface area contributed by atoms with Crippen LogP contribution in [-0.2, 0) is 14.3 Å². The molecule has 0 aromatic carbocycles. The minimum atomic E-state index is -0.365. The normalized spacial score (nSPS) is 21.0. The van der Waals surface area contributed by atoms with Gasteiger partial charge in [0.1, 0.15) is 0 Å². The van der Waals surface area contributed by atoms with Crippen LogP contribution >= 0.6 is 0 Å². The van der Waals surface area contributed by atoms with E-state index in [0.29, 0.717) is 26.4 Å². The van der Waals surface area contributed by atoms with E-state index >= 15 is 0 Å². The first-order valence-corrected chi connectivity index (χ1v) is 4.73. The minimum absolute atomic E-state index is 0.255. The fourth-order valence-corrected chi connectivity index (χ4v) is 1.31. The molecule has 0 saturated carbocycles. The van der Waals surface area contributed by atoms with Crippen molar-refractivity contribution in [1.29, 1.82) is 0 Å². The van der Waals surface area contributed by atoms with Gasteiger partial charge in [0.05, 0.1) is 26.4 Å². The second-order valence-corrected chi connectivity index (χ2v) is 2.90. The highest BCUT2D eigenvalue weighted by Crippen LogP contribution is 2.07. The predicted octanol–water partition coefficient (Wildman–Crippen LogP) is 0.231. The van der Waals surface area contributed by atoms with Crippen molar-refractivity contribution in [3.05, 3.63) is 0 Å². The van der Waals surface area contributed by atoms with Crippen LogP contribution in [0.25, 0.3) is 0 Å². The molecule has 0 aromatic rings. The maximum Gasteiger partial charge on any atom is 0.331 e. The summed E-state index contributed by atoms with van der Waals surface area (Å²) in [5, 5.41) is 0. The van der Waals surface area contributed by atoms with Crippen molar-refractivity contribution in [2.75, 3.05) is 26.4 Å². The lowest BCUT2D eigenvalue weighted by atomic mass is 10.2. The molecule has 1 heterocycles. The summed E-state index contributed by atoms with van der Waals surface area (Å²) in [5.41, 5.74) is 0. The number of nitrogens with zero attached hydrogens (tertiary/aromatic N) is 1. The lowest BCUT2D eigenvalue weighted by Gasteiger charge is -2.30. The molecule has 0 aliphatic carbocycles. The Kier molecular flexibility index (Phi) is 4.27. The Bertz CT molecular complexity index is 254. The lowest BCUT2D eigenvalue weighted by Crippen LogP contribution is -2.48. The third kappa shape index (κ3) is 2.64. The average Bonchev–Trinajstić information content (AvgIpc) is 2.19. The van der Waals surface area contributed by atoms with E-state index in [1.165, 1.54) is 0 Å². The zero-order chi connectivity index (χ0) is 10.4. The summed E-state index contributed by atoms with van der Waals surface area (Å²) in [5.74, 6) is 2.52. The maximum atomic E-state index is 11.5. The van der Waals surface area contributed by atoms with Crippen molar-refractivity contribution in [3.63, 3.8) is 0 Å². The highest BCUT2D eigenvalue weighted by Gasteiger charge is 2.28. The summed E-state index contributed by atoms with van der Waals surface area (Å²) in [7, 11) is 0. The van der Waals surface area contributed by atoms with Gasteiger partial charge < -0.3 is 14.4 Å². The second-order valence-electron chi connectivity index (χ2n) is 2.90. The van der Waals surface area contributed by atoms with Crippen LogP contribution in [-0.4, -0.2) is 43.3 Å². The summed E-state index contributed by atoms with van der Waals surface area (Å²) in [4.78, 5) is 13.3. The fourth-order valence-electron chi connectivity index (χ4n) is 1.31. The molecule has 0 bridgehead atoms. The Morgan fingerprint density at radius 3 is 3.14 bits per heavy atom. The van der Waals surface area contributed by atoms with Gasteiger partial charge >= 0.3 is 5.97 Å². The standard InChI is InChI=1S/C10H15NO3/c1-3-5-11-6-7-13-8-9(11)10(12)14-4-2/h9H,4,6-8H2,1-2H3/t9-/m0/s1. The van der Waals surface area contributed by atoms with Gasteiger partial charge in [0.15, 0.2) is 6.04 Å². The zero-order valence-corrected chi connectivity index (χ0v) is 8.58. The van der Waals surface area contributed by atoms with E-state index in [4.69, 9.17) is 9.47 Å². The van der Waals surface area contributed by atoms with Crippen LogP contribution in [0.5, 0.6) is 0 Å². The van der Waals surface area contributed by atoms with Crippen LogP contribution in [0.15, 0.2) is 0 Å². The molecule has 0 N–H and O–H groups in total. The molecule has 1 rings (SSSR count). The molecule has 0 amide bonds. The number of hydrogen-bond donors (Lipinski definition) is 0. The van der Waals surface area contributed by atoms with Gasteiger partial charge in [-0.3, -0.25) is 0 Å². The Morgan fingerprint density at radius 2 is 2.50 bits per heavy atom. The first-order valence-electron chi connectivity index (χ1n) is 4.73. The highest BCUT2D eigenvalue weighted by molar-refractivity contribution is 5.76. The molecule has 14 heavy (non-hydrogen) atoms. The average molecular weight is 197 g/mol. The minimum Gasteiger partial charge on any atom is -0.464 e. The summed E-state index contributed by atoms with van der Waals surface area (Å²) in [6.07, 6.45) is 0. The number of carbonyl (C=O) groups excluding carboxylic acids is 1. The Labute approximate surface area is 84.2 Å². The summed E-state index contributed by atoms with van der Waals surface area (Å²) in [6, 6.07) is 2.51. The highest BCUT2D eigenvalue weighted by atomic mass is 16.5. The smallest absolute Gasteiger partial charge is 0.331 e. The van der Waals surface area contributed by atoms with Crippen LogP contribution < -0.4 is 0 Å². The third-order valence-corrected chi connectivity index (χ3v) is 1.94. The molecule has 4 nitrogen and oxygen atoms in total. The van der Waals surface area contributed by atoms with Crippen molar-refractivity contribution < 1.29 is 14.3 Å². The molecule has 1 atom stereocenters. The lowest BCUT2D eigenvalue weighted by molar-refractivity contribution is -0.153. The van der Waals surface area contributed by atoms with E-state index < -0.39 is 0 Å². The van der Waals surface area contributed by atoms with Crippen LogP contribution in [0.4, 0.5) is 0 Å². The molecule has 1 aliphatic rings. The van der Waals surface area contributed by atoms with Gasteiger partial charge in [-0.2, -0.15) is 0 Å². The van der Waals surface area contributed by atoms with Crippen molar-refractivity contribution in [2.24, 2.45) is 0 Å². The van der Waals surface area contributed by atoms with Gasteiger partial charge in [-0.15, -0.1) is 0 Å². The number of carbonyl (C=O) groups is 1. The van der Waals surface area contributed by atoms with Crippen molar-refractivity contribution in [2.45, 2.75) is 19.9 Å². The van der Waals surface area contributed by atoms with Gasteiger partial charge in [0.2, 0.25) is 0 Å². The molecule has 0 aromatic heterocycles. The molecule has 1 aliphatic heterocycles. The van der Waals surface area contributed by atoms with E-state index in [1.54, 1.807) is 18.7 Å². The number of rotatable bonds is 2. The van der Waals surface area contributed by atoms with E-state index in [2.05, 4.69) is 12.0 Å². The van der Waals surface area contributed by atoms with Crippen LogP contribution in [0.1, 0.15) is 13.8 Å². The van der Waals surface area contributed by atoms with E-state index in [0.717, 1.165) is 0 Å². The van der Waals surface area contributed by atoms with Crippen molar-refractivity contribution >= 4 is 5.97 Å². The van der Waals surface area contributed by atoms with E-state index in [1.807, 2.05) is 0 Å². The molecule has 0 radical (unpaired) electrons. The van der Waals surface area contributed by atoms with Crippen LogP contribution in [0.2, 0.25) is 0 Å². The largest absolute Gasteiger partial charge is 0.464 e. The van der Waals surface area contributed by atoms with Gasteiger partial charge in [-0.1, -0.05) is 5.92 Å². The first-order chi connectivity index (χ1) is 6.79. The van der Waals surface area contributed by atoms with Crippen molar-refractivity contribution in [3.8, 4) is 12.0 Å².